The number of anilines is 1. The zero-order chi connectivity index (χ0) is 24.5. The van der Waals surface area contributed by atoms with Gasteiger partial charge in [0.2, 0.25) is 5.91 Å². The molecule has 0 unspecified atom stereocenters. The minimum absolute atomic E-state index is 0.0173. The highest BCUT2D eigenvalue weighted by molar-refractivity contribution is 7.99. The second-order valence-electron chi connectivity index (χ2n) is 7.95. The average molecular weight is 494 g/mol. The fourth-order valence-electron chi connectivity index (χ4n) is 3.41. The summed E-state index contributed by atoms with van der Waals surface area (Å²) in [5.41, 5.74) is 3.69. The minimum atomic E-state index is -3.31. The summed E-state index contributed by atoms with van der Waals surface area (Å²) in [6.07, 6.45) is 1.13. The number of amides is 1. The zero-order valence-corrected chi connectivity index (χ0v) is 20.5. The van der Waals surface area contributed by atoms with Crippen molar-refractivity contribution in [3.05, 3.63) is 88.2 Å². The van der Waals surface area contributed by atoms with E-state index in [-0.39, 0.29) is 22.1 Å². The van der Waals surface area contributed by atoms with Gasteiger partial charge in [-0.05, 0) is 73.5 Å². The third-order valence-electron chi connectivity index (χ3n) is 5.39. The van der Waals surface area contributed by atoms with Crippen LogP contribution in [0.25, 0.3) is 16.6 Å². The second kappa shape index (κ2) is 9.44. The van der Waals surface area contributed by atoms with E-state index in [4.69, 9.17) is 0 Å². The quantitative estimate of drug-likeness (QED) is 0.320. The van der Waals surface area contributed by atoms with Gasteiger partial charge in [-0.25, -0.2) is 13.4 Å². The summed E-state index contributed by atoms with van der Waals surface area (Å²) in [4.78, 5) is 30.8. The number of rotatable bonds is 6. The number of thioether (sulfide) groups is 1. The number of nitrogens with zero attached hydrogens (tertiary/aromatic N) is 2. The molecule has 1 aromatic heterocycles. The van der Waals surface area contributed by atoms with Crippen LogP contribution in [0.1, 0.15) is 11.1 Å². The van der Waals surface area contributed by atoms with Crippen molar-refractivity contribution in [1.82, 2.24) is 9.55 Å². The van der Waals surface area contributed by atoms with Crippen LogP contribution in [0.2, 0.25) is 0 Å². The molecule has 0 fully saturated rings. The van der Waals surface area contributed by atoms with Gasteiger partial charge in [0, 0.05) is 11.9 Å². The van der Waals surface area contributed by atoms with E-state index in [9.17, 15) is 18.0 Å². The first-order chi connectivity index (χ1) is 16.1. The van der Waals surface area contributed by atoms with E-state index in [1.807, 2.05) is 38.1 Å². The van der Waals surface area contributed by atoms with Crippen molar-refractivity contribution < 1.29 is 13.2 Å². The number of hydrogen-bond donors (Lipinski definition) is 1. The molecule has 9 heteroatoms. The Kier molecular flexibility index (Phi) is 6.58. The van der Waals surface area contributed by atoms with Crippen molar-refractivity contribution in [1.29, 1.82) is 0 Å². The van der Waals surface area contributed by atoms with E-state index >= 15 is 0 Å². The Morgan fingerprint density at radius 1 is 1.00 bits per heavy atom. The average Bonchev–Trinajstić information content (AvgIpc) is 2.79. The van der Waals surface area contributed by atoms with Crippen LogP contribution in [-0.4, -0.2) is 35.9 Å². The maximum Gasteiger partial charge on any atom is 0.266 e. The normalized spacial score (nSPS) is 11.5. The molecule has 0 spiro atoms. The molecule has 1 N–H and O–H groups in total. The molecule has 34 heavy (non-hydrogen) atoms. The van der Waals surface area contributed by atoms with Gasteiger partial charge in [-0.3, -0.25) is 14.2 Å². The van der Waals surface area contributed by atoms with Crippen molar-refractivity contribution in [2.75, 3.05) is 17.3 Å². The SMILES string of the molecule is Cc1ccc(-n2c(SCC(=O)Nc3ccc(S(C)(=O)=O)cc3)nc3ccccc3c2=O)cc1C. The Morgan fingerprint density at radius 2 is 1.71 bits per heavy atom. The van der Waals surface area contributed by atoms with Gasteiger partial charge in [0.15, 0.2) is 15.0 Å². The van der Waals surface area contributed by atoms with Gasteiger partial charge in [-0.15, -0.1) is 0 Å². The molecule has 4 aromatic rings. The lowest BCUT2D eigenvalue weighted by Gasteiger charge is -2.14. The molecule has 0 bridgehead atoms. The summed E-state index contributed by atoms with van der Waals surface area (Å²) in [5, 5.41) is 3.66. The molecule has 174 valence electrons. The highest BCUT2D eigenvalue weighted by atomic mass is 32.2. The standard InChI is InChI=1S/C25H23N3O4S2/c1-16-8-11-19(14-17(16)2)28-24(30)21-6-4-5-7-22(21)27-25(28)33-15-23(29)26-18-9-12-20(13-10-18)34(3,31)32/h4-14H,15H2,1-3H3,(H,26,29). The fraction of sp³-hybridized carbons (Fsp3) is 0.160. The molecular weight excluding hydrogens is 470 g/mol. The van der Waals surface area contributed by atoms with Gasteiger partial charge >= 0.3 is 0 Å². The molecule has 0 atom stereocenters. The molecular formula is C25H23N3O4S2. The molecule has 0 aliphatic heterocycles. The van der Waals surface area contributed by atoms with Crippen LogP contribution in [-0.2, 0) is 14.6 Å². The number of fused-ring (bicyclic) bond motifs is 1. The number of carbonyl (C=O) groups excluding carboxylic acids is 1. The smallest absolute Gasteiger partial charge is 0.266 e. The van der Waals surface area contributed by atoms with Crippen molar-refractivity contribution >= 4 is 44.1 Å². The van der Waals surface area contributed by atoms with Gasteiger partial charge in [0.1, 0.15) is 0 Å². The van der Waals surface area contributed by atoms with Crippen LogP contribution < -0.4 is 10.9 Å². The maximum absolute atomic E-state index is 13.4. The van der Waals surface area contributed by atoms with Crippen molar-refractivity contribution in [2.24, 2.45) is 0 Å². The third kappa shape index (κ3) is 5.05. The second-order valence-corrected chi connectivity index (χ2v) is 10.9. The summed E-state index contributed by atoms with van der Waals surface area (Å²) < 4.78 is 24.8. The predicted octanol–water partition coefficient (Wildman–Crippen LogP) is 4.14. The molecule has 1 amide bonds. The van der Waals surface area contributed by atoms with Crippen molar-refractivity contribution in [3.8, 4) is 5.69 Å². The number of para-hydroxylation sites is 1. The molecule has 4 rings (SSSR count). The Morgan fingerprint density at radius 3 is 2.38 bits per heavy atom. The Balaban J connectivity index is 1.62. The van der Waals surface area contributed by atoms with Gasteiger partial charge in [0.25, 0.3) is 5.56 Å². The van der Waals surface area contributed by atoms with E-state index in [1.54, 1.807) is 18.2 Å². The molecule has 3 aromatic carbocycles. The molecule has 0 radical (unpaired) electrons. The van der Waals surface area contributed by atoms with Crippen LogP contribution in [0.5, 0.6) is 0 Å². The van der Waals surface area contributed by atoms with Crippen LogP contribution in [0.4, 0.5) is 5.69 Å². The van der Waals surface area contributed by atoms with Crippen molar-refractivity contribution in [2.45, 2.75) is 23.9 Å². The van der Waals surface area contributed by atoms with Crippen LogP contribution in [0.15, 0.2) is 81.6 Å². The summed E-state index contributed by atoms with van der Waals surface area (Å²) in [7, 11) is -3.31. The van der Waals surface area contributed by atoms with E-state index in [0.717, 1.165) is 29.1 Å². The van der Waals surface area contributed by atoms with Gasteiger partial charge in [-0.2, -0.15) is 0 Å². The number of nitrogens with one attached hydrogen (secondary N) is 1. The lowest BCUT2D eigenvalue weighted by molar-refractivity contribution is -0.113. The maximum atomic E-state index is 13.4. The van der Waals surface area contributed by atoms with Crippen LogP contribution in [0, 0.1) is 13.8 Å². The highest BCUT2D eigenvalue weighted by Crippen LogP contribution is 2.23. The topological polar surface area (TPSA) is 98.1 Å². The predicted molar refractivity (Wildman–Crippen MR) is 136 cm³/mol. The first kappa shape index (κ1) is 23.7. The lowest BCUT2D eigenvalue weighted by Crippen LogP contribution is -2.23. The molecule has 0 saturated carbocycles. The van der Waals surface area contributed by atoms with E-state index < -0.39 is 9.84 Å². The summed E-state index contributed by atoms with van der Waals surface area (Å²) in [6.45, 7) is 3.98. The first-order valence-corrected chi connectivity index (χ1v) is 13.3. The van der Waals surface area contributed by atoms with E-state index in [0.29, 0.717) is 27.4 Å². The minimum Gasteiger partial charge on any atom is -0.325 e. The van der Waals surface area contributed by atoms with Gasteiger partial charge < -0.3 is 5.32 Å². The van der Waals surface area contributed by atoms with Crippen molar-refractivity contribution in [3.63, 3.8) is 0 Å². The van der Waals surface area contributed by atoms with E-state index in [2.05, 4.69) is 10.3 Å². The molecule has 0 aliphatic carbocycles. The lowest BCUT2D eigenvalue weighted by atomic mass is 10.1. The molecule has 0 aliphatic rings. The summed E-state index contributed by atoms with van der Waals surface area (Å²) >= 11 is 1.16. The third-order valence-corrected chi connectivity index (χ3v) is 7.46. The Hall–Kier alpha value is -3.43. The molecule has 7 nitrogen and oxygen atoms in total. The Labute approximate surface area is 201 Å². The zero-order valence-electron chi connectivity index (χ0n) is 18.9. The highest BCUT2D eigenvalue weighted by Gasteiger charge is 2.16. The monoisotopic (exact) mass is 493 g/mol. The van der Waals surface area contributed by atoms with Gasteiger partial charge in [0.05, 0.1) is 27.2 Å². The van der Waals surface area contributed by atoms with Gasteiger partial charge in [-0.1, -0.05) is 30.0 Å². The van der Waals surface area contributed by atoms with Crippen LogP contribution in [0.3, 0.4) is 0 Å². The fourth-order valence-corrected chi connectivity index (χ4v) is 4.86. The number of aromatic nitrogens is 2. The number of carbonyl (C=O) groups is 1. The molecule has 1 heterocycles. The largest absolute Gasteiger partial charge is 0.325 e. The van der Waals surface area contributed by atoms with E-state index in [1.165, 1.54) is 28.8 Å². The number of hydrogen-bond acceptors (Lipinski definition) is 6. The number of sulfone groups is 1. The number of aryl methyl sites for hydroxylation is 2. The summed E-state index contributed by atoms with van der Waals surface area (Å²) in [5.74, 6) is -0.283. The first-order valence-electron chi connectivity index (χ1n) is 10.5. The summed E-state index contributed by atoms with van der Waals surface area (Å²) in [6, 6.07) is 18.8. The molecule has 0 saturated heterocycles. The van der Waals surface area contributed by atoms with Crippen LogP contribution >= 0.6 is 11.8 Å². The Bertz CT molecular complexity index is 1560. The number of benzene rings is 3.